The van der Waals surface area contributed by atoms with Gasteiger partial charge in [0.15, 0.2) is 0 Å². The number of aryl methyl sites for hydroxylation is 1. The highest BCUT2D eigenvalue weighted by Crippen LogP contribution is 2.76. The van der Waals surface area contributed by atoms with Gasteiger partial charge in [0.1, 0.15) is 0 Å². The Morgan fingerprint density at radius 2 is 1.76 bits per heavy atom. The fourth-order valence-corrected chi connectivity index (χ4v) is 4.62. The van der Waals surface area contributed by atoms with Crippen LogP contribution >= 0.6 is 0 Å². The maximum atomic E-state index is 4.79. The fourth-order valence-electron chi connectivity index (χ4n) is 4.62. The summed E-state index contributed by atoms with van der Waals surface area (Å²) in [5.41, 5.74) is 5.11. The Bertz CT molecular complexity index is 491. The van der Waals surface area contributed by atoms with Gasteiger partial charge in [-0.15, -0.1) is 0 Å². The SMILES string of the molecule is Cc1nn(C(C)C)c2c1C1C(C2(C)C)C1(C)C. The number of rotatable bonds is 1. The van der Waals surface area contributed by atoms with Gasteiger partial charge in [-0.2, -0.15) is 5.10 Å². The predicted octanol–water partition coefficient (Wildman–Crippen LogP) is 3.80. The summed E-state index contributed by atoms with van der Waals surface area (Å²) in [6, 6.07) is 0.470. The molecule has 0 amide bonds. The van der Waals surface area contributed by atoms with Gasteiger partial charge < -0.3 is 0 Å². The second-order valence-corrected chi connectivity index (χ2v) is 7.38. The van der Waals surface area contributed by atoms with Crippen molar-refractivity contribution in [2.75, 3.05) is 0 Å². The Morgan fingerprint density at radius 1 is 1.18 bits per heavy atom. The molecule has 1 heterocycles. The highest BCUT2D eigenvalue weighted by atomic mass is 15.3. The molecule has 0 aromatic carbocycles. The van der Waals surface area contributed by atoms with Gasteiger partial charge in [0.05, 0.1) is 5.69 Å². The molecule has 2 aliphatic carbocycles. The molecular formula is C15H24N2. The third-order valence-corrected chi connectivity index (χ3v) is 5.15. The van der Waals surface area contributed by atoms with Crippen LogP contribution in [0.15, 0.2) is 0 Å². The molecular weight excluding hydrogens is 208 g/mol. The smallest absolute Gasteiger partial charge is 0.0632 e. The molecule has 0 N–H and O–H groups in total. The Labute approximate surface area is 104 Å². The van der Waals surface area contributed by atoms with E-state index in [0.717, 1.165) is 11.8 Å². The monoisotopic (exact) mass is 232 g/mol. The van der Waals surface area contributed by atoms with E-state index in [0.29, 0.717) is 11.5 Å². The molecule has 2 atom stereocenters. The topological polar surface area (TPSA) is 17.8 Å². The number of hydrogen-bond donors (Lipinski definition) is 0. The van der Waals surface area contributed by atoms with E-state index in [2.05, 4.69) is 53.1 Å². The molecule has 1 aromatic heterocycles. The first kappa shape index (κ1) is 11.3. The zero-order chi connectivity index (χ0) is 12.7. The molecule has 2 aliphatic rings. The van der Waals surface area contributed by atoms with E-state index in [1.165, 1.54) is 11.4 Å². The number of aromatic nitrogens is 2. The molecule has 2 heteroatoms. The molecule has 17 heavy (non-hydrogen) atoms. The minimum absolute atomic E-state index is 0.287. The van der Waals surface area contributed by atoms with E-state index in [4.69, 9.17) is 5.10 Å². The van der Waals surface area contributed by atoms with Crippen LogP contribution in [0.3, 0.4) is 0 Å². The summed E-state index contributed by atoms with van der Waals surface area (Å²) in [5, 5.41) is 4.79. The molecule has 0 bridgehead atoms. The normalized spacial score (nSPS) is 31.5. The lowest BCUT2D eigenvalue weighted by atomic mass is 9.80. The van der Waals surface area contributed by atoms with Crippen LogP contribution in [0.4, 0.5) is 0 Å². The molecule has 1 aromatic rings. The van der Waals surface area contributed by atoms with Gasteiger partial charge in [-0.05, 0) is 38.0 Å². The molecule has 94 valence electrons. The van der Waals surface area contributed by atoms with E-state index in [-0.39, 0.29) is 5.41 Å². The van der Waals surface area contributed by atoms with Crippen molar-refractivity contribution in [3.63, 3.8) is 0 Å². The second-order valence-electron chi connectivity index (χ2n) is 7.38. The van der Waals surface area contributed by atoms with Crippen LogP contribution in [-0.4, -0.2) is 9.78 Å². The molecule has 3 rings (SSSR count). The summed E-state index contributed by atoms with van der Waals surface area (Å²) < 4.78 is 2.27. The summed E-state index contributed by atoms with van der Waals surface area (Å²) >= 11 is 0. The molecule has 0 radical (unpaired) electrons. The Kier molecular flexibility index (Phi) is 1.85. The fraction of sp³-hybridized carbons (Fsp3) is 0.800. The summed E-state index contributed by atoms with van der Waals surface area (Å²) in [5.74, 6) is 1.56. The summed E-state index contributed by atoms with van der Waals surface area (Å²) in [6.45, 7) is 16.3. The zero-order valence-corrected chi connectivity index (χ0v) is 12.1. The highest BCUT2D eigenvalue weighted by molar-refractivity contribution is 5.51. The summed E-state index contributed by atoms with van der Waals surface area (Å²) in [7, 11) is 0. The lowest BCUT2D eigenvalue weighted by Crippen LogP contribution is -2.26. The average Bonchev–Trinajstić information content (AvgIpc) is 2.52. The van der Waals surface area contributed by atoms with Crippen LogP contribution in [0.2, 0.25) is 0 Å². The highest BCUT2D eigenvalue weighted by Gasteiger charge is 2.71. The van der Waals surface area contributed by atoms with Gasteiger partial charge in [-0.3, -0.25) is 4.68 Å². The van der Waals surface area contributed by atoms with Crippen molar-refractivity contribution in [3.05, 3.63) is 17.0 Å². The Morgan fingerprint density at radius 3 is 2.29 bits per heavy atom. The van der Waals surface area contributed by atoms with Crippen LogP contribution < -0.4 is 0 Å². The number of fused-ring (bicyclic) bond motifs is 3. The van der Waals surface area contributed by atoms with Gasteiger partial charge in [-0.1, -0.05) is 27.7 Å². The van der Waals surface area contributed by atoms with Crippen molar-refractivity contribution in [2.45, 2.75) is 65.8 Å². The van der Waals surface area contributed by atoms with Crippen molar-refractivity contribution in [1.82, 2.24) is 9.78 Å². The van der Waals surface area contributed by atoms with E-state index in [1.807, 2.05) is 0 Å². The molecule has 0 aliphatic heterocycles. The largest absolute Gasteiger partial charge is 0.266 e. The quantitative estimate of drug-likeness (QED) is 0.720. The minimum Gasteiger partial charge on any atom is -0.266 e. The van der Waals surface area contributed by atoms with Crippen molar-refractivity contribution in [1.29, 1.82) is 0 Å². The third-order valence-electron chi connectivity index (χ3n) is 5.15. The van der Waals surface area contributed by atoms with Gasteiger partial charge in [-0.25, -0.2) is 0 Å². The van der Waals surface area contributed by atoms with Crippen LogP contribution in [0, 0.1) is 18.3 Å². The Hall–Kier alpha value is -0.790. The first-order valence-corrected chi connectivity index (χ1v) is 6.80. The molecule has 0 spiro atoms. The summed E-state index contributed by atoms with van der Waals surface area (Å²) in [4.78, 5) is 0. The van der Waals surface area contributed by atoms with Crippen molar-refractivity contribution < 1.29 is 0 Å². The first-order valence-electron chi connectivity index (χ1n) is 6.80. The molecule has 1 saturated carbocycles. The molecule has 0 saturated heterocycles. The standard InChI is InChI=1S/C15H24N2/c1-8(2)17-13-10(9(3)16-17)11-12(14(11,4)5)15(13,6)7/h8,11-12H,1-7H3. The molecule has 2 nitrogen and oxygen atoms in total. The third kappa shape index (κ3) is 1.10. The van der Waals surface area contributed by atoms with Crippen LogP contribution in [0.1, 0.15) is 70.5 Å². The van der Waals surface area contributed by atoms with Gasteiger partial charge in [0, 0.05) is 22.7 Å². The minimum atomic E-state index is 0.287. The van der Waals surface area contributed by atoms with Crippen molar-refractivity contribution in [3.8, 4) is 0 Å². The van der Waals surface area contributed by atoms with Crippen LogP contribution in [-0.2, 0) is 5.41 Å². The molecule has 2 unspecified atom stereocenters. The number of nitrogens with zero attached hydrogens (tertiary/aromatic N) is 2. The lowest BCUT2D eigenvalue weighted by Gasteiger charge is -2.28. The maximum Gasteiger partial charge on any atom is 0.0632 e. The molecule has 1 fully saturated rings. The van der Waals surface area contributed by atoms with E-state index < -0.39 is 0 Å². The van der Waals surface area contributed by atoms with Crippen LogP contribution in [0.5, 0.6) is 0 Å². The maximum absolute atomic E-state index is 4.79. The number of hydrogen-bond acceptors (Lipinski definition) is 1. The van der Waals surface area contributed by atoms with E-state index in [1.54, 1.807) is 5.56 Å². The Balaban J connectivity index is 2.24. The average molecular weight is 232 g/mol. The second kappa shape index (κ2) is 2.78. The van der Waals surface area contributed by atoms with Crippen LogP contribution in [0.25, 0.3) is 0 Å². The first-order chi connectivity index (χ1) is 7.70. The van der Waals surface area contributed by atoms with E-state index in [9.17, 15) is 0 Å². The predicted molar refractivity (Wildman–Crippen MR) is 70.4 cm³/mol. The lowest BCUT2D eigenvalue weighted by molar-refractivity contribution is 0.345. The van der Waals surface area contributed by atoms with E-state index >= 15 is 0 Å². The van der Waals surface area contributed by atoms with Crippen molar-refractivity contribution in [2.24, 2.45) is 11.3 Å². The van der Waals surface area contributed by atoms with Crippen molar-refractivity contribution >= 4 is 0 Å². The zero-order valence-electron chi connectivity index (χ0n) is 12.1. The van der Waals surface area contributed by atoms with Gasteiger partial charge >= 0.3 is 0 Å². The van der Waals surface area contributed by atoms with Gasteiger partial charge in [0.2, 0.25) is 0 Å². The summed E-state index contributed by atoms with van der Waals surface area (Å²) in [6.07, 6.45) is 0. The van der Waals surface area contributed by atoms with Gasteiger partial charge in [0.25, 0.3) is 0 Å².